The molecule has 0 atom stereocenters. The molecule has 0 saturated heterocycles. The maximum absolute atomic E-state index is 4.51. The largest absolute Gasteiger partial charge is 0.269 e. The average Bonchev–Trinajstić information content (AvgIpc) is 2.80. The van der Waals surface area contributed by atoms with Gasteiger partial charge >= 0.3 is 0 Å². The van der Waals surface area contributed by atoms with E-state index in [1.54, 1.807) is 0 Å². The molecule has 1 aliphatic carbocycles. The second-order valence-electron chi connectivity index (χ2n) is 3.92. The number of aryl methyl sites for hydroxylation is 1. The molecule has 0 N–H and O–H groups in total. The number of nitrogens with zero attached hydrogens (tertiary/aromatic N) is 2. The highest BCUT2D eigenvalue weighted by atomic mass is 15.3. The van der Waals surface area contributed by atoms with Crippen LogP contribution in [0.2, 0.25) is 0 Å². The van der Waals surface area contributed by atoms with E-state index in [0.717, 1.165) is 12.5 Å². The predicted molar refractivity (Wildman–Crippen MR) is 49.2 cm³/mol. The highest BCUT2D eigenvalue weighted by Gasteiger charge is 2.23. The molecule has 1 aromatic heterocycles. The summed E-state index contributed by atoms with van der Waals surface area (Å²) in [7, 11) is 0. The number of hydrogen-bond acceptors (Lipinski definition) is 1. The van der Waals surface area contributed by atoms with Gasteiger partial charge < -0.3 is 0 Å². The molecule has 0 aromatic carbocycles. The van der Waals surface area contributed by atoms with Gasteiger partial charge in [0.1, 0.15) is 0 Å². The molecule has 1 aliphatic rings. The van der Waals surface area contributed by atoms with Gasteiger partial charge in [0, 0.05) is 12.2 Å². The number of aromatic nitrogens is 2. The summed E-state index contributed by atoms with van der Waals surface area (Å²) in [6.45, 7) is 7.55. The summed E-state index contributed by atoms with van der Waals surface area (Å²) in [5.74, 6) is 0.919. The number of rotatable bonds is 2. The lowest BCUT2D eigenvalue weighted by Crippen LogP contribution is -2.03. The van der Waals surface area contributed by atoms with E-state index in [1.807, 2.05) is 0 Å². The van der Waals surface area contributed by atoms with Gasteiger partial charge in [0.05, 0.1) is 5.69 Å². The van der Waals surface area contributed by atoms with Crippen LogP contribution < -0.4 is 0 Å². The molecule has 1 heterocycles. The maximum atomic E-state index is 4.51. The van der Waals surface area contributed by atoms with Crippen molar-refractivity contribution in [2.24, 2.45) is 5.92 Å². The lowest BCUT2D eigenvalue weighted by molar-refractivity contribution is 0.546. The van der Waals surface area contributed by atoms with Gasteiger partial charge in [-0.1, -0.05) is 0 Å². The molecule has 1 saturated carbocycles. The Labute approximate surface area is 73.6 Å². The van der Waals surface area contributed by atoms with Crippen LogP contribution in [0.3, 0.4) is 0 Å². The van der Waals surface area contributed by atoms with Crippen molar-refractivity contribution in [3.63, 3.8) is 0 Å². The van der Waals surface area contributed by atoms with Crippen LogP contribution in [-0.2, 0) is 6.54 Å². The van der Waals surface area contributed by atoms with Crippen molar-refractivity contribution in [2.45, 2.75) is 40.2 Å². The van der Waals surface area contributed by atoms with Crippen LogP contribution in [0.5, 0.6) is 0 Å². The Morgan fingerprint density at radius 1 is 1.33 bits per heavy atom. The second kappa shape index (κ2) is 2.61. The van der Waals surface area contributed by atoms with Crippen LogP contribution in [0.15, 0.2) is 0 Å². The smallest absolute Gasteiger partial charge is 0.0625 e. The van der Waals surface area contributed by atoms with Gasteiger partial charge in [0.25, 0.3) is 0 Å². The molecule has 12 heavy (non-hydrogen) atoms. The summed E-state index contributed by atoms with van der Waals surface area (Å²) in [5, 5.41) is 4.51. The van der Waals surface area contributed by atoms with Crippen LogP contribution in [-0.4, -0.2) is 9.78 Å². The molecule has 2 heteroatoms. The van der Waals surface area contributed by atoms with Gasteiger partial charge in [-0.25, -0.2) is 0 Å². The summed E-state index contributed by atoms with van der Waals surface area (Å²) in [6.07, 6.45) is 2.80. The van der Waals surface area contributed by atoms with Crippen molar-refractivity contribution in [3.05, 3.63) is 17.0 Å². The molecule has 0 amide bonds. The fourth-order valence-corrected chi connectivity index (χ4v) is 1.51. The third-order valence-electron chi connectivity index (χ3n) is 2.87. The summed E-state index contributed by atoms with van der Waals surface area (Å²) in [6, 6.07) is 0. The van der Waals surface area contributed by atoms with Crippen LogP contribution in [0, 0.1) is 26.7 Å². The Balaban J connectivity index is 2.23. The molecule has 0 spiro atoms. The molecule has 0 radical (unpaired) electrons. The first-order valence-corrected chi connectivity index (χ1v) is 4.69. The van der Waals surface area contributed by atoms with E-state index in [2.05, 4.69) is 30.6 Å². The Morgan fingerprint density at radius 3 is 2.42 bits per heavy atom. The Kier molecular flexibility index (Phi) is 1.71. The van der Waals surface area contributed by atoms with Gasteiger partial charge in [0.15, 0.2) is 0 Å². The zero-order valence-corrected chi connectivity index (χ0v) is 8.09. The zero-order chi connectivity index (χ0) is 8.72. The monoisotopic (exact) mass is 164 g/mol. The first-order chi connectivity index (χ1) is 5.68. The van der Waals surface area contributed by atoms with Gasteiger partial charge in [-0.3, -0.25) is 4.68 Å². The van der Waals surface area contributed by atoms with Crippen LogP contribution in [0.4, 0.5) is 0 Å². The SMILES string of the molecule is Cc1nn(CC2CC2)c(C)c1C. The van der Waals surface area contributed by atoms with Crippen molar-refractivity contribution >= 4 is 0 Å². The van der Waals surface area contributed by atoms with E-state index in [9.17, 15) is 0 Å². The molecule has 0 bridgehead atoms. The quantitative estimate of drug-likeness (QED) is 0.655. The zero-order valence-electron chi connectivity index (χ0n) is 8.09. The molecule has 2 rings (SSSR count). The van der Waals surface area contributed by atoms with Crippen LogP contribution in [0.25, 0.3) is 0 Å². The first kappa shape index (κ1) is 7.84. The Bertz CT molecular complexity index is 295. The number of hydrogen-bond donors (Lipinski definition) is 0. The summed E-state index contributed by atoms with van der Waals surface area (Å²) in [4.78, 5) is 0. The second-order valence-corrected chi connectivity index (χ2v) is 3.92. The van der Waals surface area contributed by atoms with Crippen molar-refractivity contribution in [1.82, 2.24) is 9.78 Å². The van der Waals surface area contributed by atoms with E-state index in [-0.39, 0.29) is 0 Å². The minimum atomic E-state index is 0.919. The lowest BCUT2D eigenvalue weighted by atomic mass is 10.2. The highest BCUT2D eigenvalue weighted by molar-refractivity contribution is 5.22. The summed E-state index contributed by atoms with van der Waals surface area (Å²) < 4.78 is 2.17. The molecular formula is C10H16N2. The lowest BCUT2D eigenvalue weighted by Gasteiger charge is -2.01. The minimum absolute atomic E-state index is 0.919. The maximum Gasteiger partial charge on any atom is 0.0625 e. The van der Waals surface area contributed by atoms with E-state index in [0.29, 0.717) is 0 Å². The fourth-order valence-electron chi connectivity index (χ4n) is 1.51. The minimum Gasteiger partial charge on any atom is -0.269 e. The molecule has 2 nitrogen and oxygen atoms in total. The summed E-state index contributed by atoms with van der Waals surface area (Å²) in [5.41, 5.74) is 3.89. The third-order valence-corrected chi connectivity index (χ3v) is 2.87. The molecule has 1 fully saturated rings. The van der Waals surface area contributed by atoms with Gasteiger partial charge in [0.2, 0.25) is 0 Å². The summed E-state index contributed by atoms with van der Waals surface area (Å²) >= 11 is 0. The van der Waals surface area contributed by atoms with E-state index < -0.39 is 0 Å². The van der Waals surface area contributed by atoms with Crippen LogP contribution >= 0.6 is 0 Å². The molecular weight excluding hydrogens is 148 g/mol. The van der Waals surface area contributed by atoms with Crippen LogP contribution in [0.1, 0.15) is 29.8 Å². The van der Waals surface area contributed by atoms with Gasteiger partial charge in [-0.05, 0) is 45.1 Å². The average molecular weight is 164 g/mol. The first-order valence-electron chi connectivity index (χ1n) is 4.69. The molecule has 0 unspecified atom stereocenters. The molecule has 0 aliphatic heterocycles. The standard InChI is InChI=1S/C10H16N2/c1-7-8(2)11-12(9(7)3)6-10-4-5-10/h10H,4-6H2,1-3H3. The Hall–Kier alpha value is -0.790. The van der Waals surface area contributed by atoms with Crippen molar-refractivity contribution < 1.29 is 0 Å². The van der Waals surface area contributed by atoms with E-state index in [1.165, 1.54) is 29.8 Å². The van der Waals surface area contributed by atoms with Gasteiger partial charge in [-0.15, -0.1) is 0 Å². The molecule has 66 valence electrons. The fraction of sp³-hybridized carbons (Fsp3) is 0.700. The van der Waals surface area contributed by atoms with Crippen molar-refractivity contribution in [3.8, 4) is 0 Å². The normalized spacial score (nSPS) is 16.9. The highest BCUT2D eigenvalue weighted by Crippen LogP contribution is 2.31. The van der Waals surface area contributed by atoms with Crippen molar-refractivity contribution in [1.29, 1.82) is 0 Å². The van der Waals surface area contributed by atoms with Gasteiger partial charge in [-0.2, -0.15) is 5.10 Å². The Morgan fingerprint density at radius 2 is 2.00 bits per heavy atom. The topological polar surface area (TPSA) is 17.8 Å². The van der Waals surface area contributed by atoms with E-state index in [4.69, 9.17) is 0 Å². The third kappa shape index (κ3) is 1.26. The van der Waals surface area contributed by atoms with E-state index >= 15 is 0 Å². The predicted octanol–water partition coefficient (Wildman–Crippen LogP) is 2.22. The molecule has 1 aromatic rings. The van der Waals surface area contributed by atoms with Crippen molar-refractivity contribution in [2.75, 3.05) is 0 Å².